The molecule has 0 bridgehead atoms. The van der Waals surface area contributed by atoms with Gasteiger partial charge in [0.05, 0.1) is 0 Å². The van der Waals surface area contributed by atoms with Gasteiger partial charge in [-0.3, -0.25) is 4.79 Å². The Balaban J connectivity index is 0.000000307. The molecule has 2 rings (SSSR count). The van der Waals surface area contributed by atoms with E-state index in [1.807, 2.05) is 24.3 Å². The summed E-state index contributed by atoms with van der Waals surface area (Å²) in [5, 5.41) is 15.6. The van der Waals surface area contributed by atoms with Crippen LogP contribution in [0.3, 0.4) is 0 Å². The predicted octanol–water partition coefficient (Wildman–Crippen LogP) is 1.18. The van der Waals surface area contributed by atoms with Crippen LogP contribution in [-0.2, 0) is 14.4 Å². The molecule has 8 nitrogen and oxygen atoms in total. The second-order valence-electron chi connectivity index (χ2n) is 4.24. The predicted molar refractivity (Wildman–Crippen MR) is 84.3 cm³/mol. The number of allylic oxidation sites excluding steroid dienone is 2. The highest BCUT2D eigenvalue weighted by molar-refractivity contribution is 5.89. The Morgan fingerprint density at radius 1 is 0.958 bits per heavy atom. The molecule has 0 unspecified atom stereocenters. The van der Waals surface area contributed by atoms with Crippen LogP contribution in [0.5, 0.6) is 11.5 Å². The molecule has 0 radical (unpaired) electrons. The fourth-order valence-corrected chi connectivity index (χ4v) is 1.48. The van der Waals surface area contributed by atoms with Gasteiger partial charge in [0.15, 0.2) is 11.5 Å². The van der Waals surface area contributed by atoms with Gasteiger partial charge in [-0.15, -0.1) is 0 Å². The number of carboxylic acid groups (broad SMARTS) is 2. The van der Waals surface area contributed by atoms with E-state index in [4.69, 9.17) is 25.4 Å². The average Bonchev–Trinajstić information content (AvgIpc) is 2.97. The number of fused-ring (bicyclic) bond motifs is 1. The number of carbonyl (C=O) groups is 3. The molecule has 8 heteroatoms. The summed E-state index contributed by atoms with van der Waals surface area (Å²) in [6.45, 7) is 0.268. The van der Waals surface area contributed by atoms with Gasteiger partial charge in [0.2, 0.25) is 12.7 Å². The van der Waals surface area contributed by atoms with Crippen LogP contribution < -0.4 is 15.2 Å². The number of amides is 1. The highest BCUT2D eigenvalue weighted by Gasteiger charge is 2.11. The van der Waals surface area contributed by atoms with Gasteiger partial charge in [-0.05, 0) is 17.7 Å². The molecule has 0 fully saturated rings. The molecule has 0 aromatic heterocycles. The number of aliphatic carboxylic acids is 2. The molecule has 1 aliphatic rings. The summed E-state index contributed by atoms with van der Waals surface area (Å²) in [6, 6.07) is 5.62. The normalized spacial score (nSPS) is 12.3. The summed E-state index contributed by atoms with van der Waals surface area (Å²) in [5.74, 6) is -1.49. The highest BCUT2D eigenvalue weighted by Crippen LogP contribution is 2.32. The number of hydrogen-bond donors (Lipinski definition) is 3. The molecule has 1 aliphatic heterocycles. The van der Waals surface area contributed by atoms with Crippen LogP contribution in [0.1, 0.15) is 5.56 Å². The van der Waals surface area contributed by atoms with Gasteiger partial charge in [-0.25, -0.2) is 9.59 Å². The minimum atomic E-state index is -1.26. The van der Waals surface area contributed by atoms with Crippen LogP contribution in [0.15, 0.2) is 48.6 Å². The van der Waals surface area contributed by atoms with Gasteiger partial charge < -0.3 is 25.4 Å². The van der Waals surface area contributed by atoms with E-state index < -0.39 is 17.8 Å². The lowest BCUT2D eigenvalue weighted by molar-refractivity contribution is -0.134. The fourth-order valence-electron chi connectivity index (χ4n) is 1.48. The maximum absolute atomic E-state index is 10.4. The summed E-state index contributed by atoms with van der Waals surface area (Å²) >= 11 is 0. The number of carbonyl (C=O) groups excluding carboxylic acids is 1. The Kier molecular flexibility index (Phi) is 7.29. The second kappa shape index (κ2) is 9.46. The summed E-state index contributed by atoms with van der Waals surface area (Å²) in [5.41, 5.74) is 5.92. The lowest BCUT2D eigenvalue weighted by Gasteiger charge is -1.96. The van der Waals surface area contributed by atoms with Crippen molar-refractivity contribution in [2.75, 3.05) is 6.79 Å². The minimum absolute atomic E-state index is 0.268. The van der Waals surface area contributed by atoms with E-state index in [2.05, 4.69) is 0 Å². The zero-order valence-corrected chi connectivity index (χ0v) is 12.4. The van der Waals surface area contributed by atoms with Gasteiger partial charge in [-0.2, -0.15) is 0 Å². The standard InChI is InChI=1S/C12H11NO3.C4H4O4/c13-12(14)4-2-1-3-9-5-6-10-11(7-9)16-8-15-10;5-3(6)1-2-4(7)8/h1-7H,8H2,(H2,13,14);1-2H,(H,5,6)(H,7,8)/b;2-1-. The van der Waals surface area contributed by atoms with Crippen molar-refractivity contribution in [3.63, 3.8) is 0 Å². The maximum Gasteiger partial charge on any atom is 0.328 e. The average molecular weight is 333 g/mol. The van der Waals surface area contributed by atoms with E-state index in [0.29, 0.717) is 12.2 Å². The molecule has 1 amide bonds. The van der Waals surface area contributed by atoms with E-state index >= 15 is 0 Å². The van der Waals surface area contributed by atoms with Gasteiger partial charge in [0.1, 0.15) is 0 Å². The third-order valence-electron chi connectivity index (χ3n) is 2.43. The van der Waals surface area contributed by atoms with Crippen molar-refractivity contribution < 1.29 is 34.1 Å². The number of nitrogens with two attached hydrogens (primary N) is 1. The molecule has 0 saturated heterocycles. The molecule has 0 atom stereocenters. The maximum atomic E-state index is 10.4. The summed E-state index contributed by atoms with van der Waals surface area (Å²) < 4.78 is 10.4. The largest absolute Gasteiger partial charge is 0.478 e. The molecule has 4 N–H and O–H groups in total. The zero-order valence-electron chi connectivity index (χ0n) is 12.4. The highest BCUT2D eigenvalue weighted by atomic mass is 16.7. The molecular formula is C16H15NO7. The number of carboxylic acids is 2. The number of hydrogen-bond acceptors (Lipinski definition) is 5. The lowest BCUT2D eigenvalue weighted by atomic mass is 10.2. The molecule has 1 aromatic rings. The number of benzene rings is 1. The Hall–Kier alpha value is -3.55. The van der Waals surface area contributed by atoms with Crippen LogP contribution in [0.4, 0.5) is 0 Å². The zero-order chi connectivity index (χ0) is 17.9. The SMILES string of the molecule is NC(=O)C=CC=Cc1ccc2c(c1)OCO2.O=C(O)/C=C\C(=O)O. The third kappa shape index (κ3) is 7.46. The van der Waals surface area contributed by atoms with Crippen molar-refractivity contribution >= 4 is 23.9 Å². The molecular weight excluding hydrogens is 318 g/mol. The summed E-state index contributed by atoms with van der Waals surface area (Å²) in [4.78, 5) is 29.5. The van der Waals surface area contributed by atoms with E-state index in [-0.39, 0.29) is 6.79 Å². The monoisotopic (exact) mass is 333 g/mol. The topological polar surface area (TPSA) is 136 Å². The third-order valence-corrected chi connectivity index (χ3v) is 2.43. The Bertz CT molecular complexity index is 688. The first-order chi connectivity index (χ1) is 11.4. The molecule has 0 spiro atoms. The Morgan fingerprint density at radius 3 is 2.17 bits per heavy atom. The van der Waals surface area contributed by atoms with Crippen LogP contribution in [-0.4, -0.2) is 34.9 Å². The molecule has 1 aromatic carbocycles. The van der Waals surface area contributed by atoms with Crippen molar-refractivity contribution in [1.82, 2.24) is 0 Å². The number of primary amides is 1. The van der Waals surface area contributed by atoms with Crippen LogP contribution in [0.25, 0.3) is 6.08 Å². The smallest absolute Gasteiger partial charge is 0.328 e. The molecule has 0 saturated carbocycles. The first-order valence-electron chi connectivity index (χ1n) is 6.56. The van der Waals surface area contributed by atoms with Crippen molar-refractivity contribution in [3.05, 3.63) is 54.1 Å². The first-order valence-corrected chi connectivity index (χ1v) is 6.56. The Morgan fingerprint density at radius 2 is 1.58 bits per heavy atom. The van der Waals surface area contributed by atoms with Gasteiger partial charge in [0, 0.05) is 18.2 Å². The van der Waals surface area contributed by atoms with Crippen LogP contribution >= 0.6 is 0 Å². The van der Waals surface area contributed by atoms with Crippen molar-refractivity contribution in [2.24, 2.45) is 5.73 Å². The summed E-state index contributed by atoms with van der Waals surface area (Å²) in [6.07, 6.45) is 7.59. The second-order valence-corrected chi connectivity index (χ2v) is 4.24. The fraction of sp³-hybridized carbons (Fsp3) is 0.0625. The van der Waals surface area contributed by atoms with E-state index in [1.165, 1.54) is 6.08 Å². The summed E-state index contributed by atoms with van der Waals surface area (Å²) in [7, 11) is 0. The van der Waals surface area contributed by atoms with Gasteiger partial charge >= 0.3 is 11.9 Å². The van der Waals surface area contributed by atoms with Crippen LogP contribution in [0, 0.1) is 0 Å². The molecule has 0 aliphatic carbocycles. The number of rotatable bonds is 5. The van der Waals surface area contributed by atoms with E-state index in [1.54, 1.807) is 12.2 Å². The molecule has 1 heterocycles. The van der Waals surface area contributed by atoms with E-state index in [0.717, 1.165) is 17.1 Å². The van der Waals surface area contributed by atoms with Crippen LogP contribution in [0.2, 0.25) is 0 Å². The first kappa shape index (κ1) is 18.5. The molecule has 24 heavy (non-hydrogen) atoms. The minimum Gasteiger partial charge on any atom is -0.478 e. The molecule has 126 valence electrons. The van der Waals surface area contributed by atoms with Crippen molar-refractivity contribution in [2.45, 2.75) is 0 Å². The lowest BCUT2D eigenvalue weighted by Crippen LogP contribution is -2.04. The Labute approximate surface area is 137 Å². The number of ether oxygens (including phenoxy) is 2. The van der Waals surface area contributed by atoms with Crippen molar-refractivity contribution in [3.8, 4) is 11.5 Å². The van der Waals surface area contributed by atoms with Crippen molar-refractivity contribution in [1.29, 1.82) is 0 Å². The quantitative estimate of drug-likeness (QED) is 0.543. The van der Waals surface area contributed by atoms with E-state index in [9.17, 15) is 14.4 Å². The van der Waals surface area contributed by atoms with Gasteiger partial charge in [0.25, 0.3) is 0 Å². The van der Waals surface area contributed by atoms with Gasteiger partial charge in [-0.1, -0.05) is 24.3 Å².